The predicted octanol–water partition coefficient (Wildman–Crippen LogP) is 1.71. The van der Waals surface area contributed by atoms with Crippen LogP contribution in [-0.2, 0) is 0 Å². The first-order chi connectivity index (χ1) is 8.70. The molecule has 1 amide bonds. The monoisotopic (exact) mass is 251 g/mol. The number of nitrogens with one attached hydrogen (secondary N) is 1. The van der Waals surface area contributed by atoms with Crippen molar-refractivity contribution in [2.45, 2.75) is 38.1 Å². The topological polar surface area (TPSA) is 68.5 Å². The Hall–Kier alpha value is -1.78. The Labute approximate surface area is 105 Å². The number of rotatable bonds is 3. The Bertz CT molecular complexity index is 474. The average Bonchev–Trinajstić information content (AvgIpc) is 2.39. The Morgan fingerprint density at radius 3 is 2.72 bits per heavy atom. The molecule has 1 N–H and O–H groups in total. The van der Waals surface area contributed by atoms with Crippen molar-refractivity contribution < 1.29 is 13.9 Å². The summed E-state index contributed by atoms with van der Waals surface area (Å²) < 4.78 is 9.89. The highest BCUT2D eigenvalue weighted by Crippen LogP contribution is 2.17. The minimum atomic E-state index is -0.349. The van der Waals surface area contributed by atoms with Gasteiger partial charge in [0, 0.05) is 12.1 Å². The molecule has 5 heteroatoms. The fourth-order valence-electron chi connectivity index (χ4n) is 2.17. The maximum absolute atomic E-state index is 11.9. The van der Waals surface area contributed by atoms with Crippen LogP contribution in [0.5, 0.6) is 5.75 Å². The molecule has 0 bridgehead atoms. The largest absolute Gasteiger partial charge is 0.490 e. The maximum atomic E-state index is 11.9. The van der Waals surface area contributed by atoms with E-state index >= 15 is 0 Å². The van der Waals surface area contributed by atoms with E-state index in [1.54, 1.807) is 0 Å². The van der Waals surface area contributed by atoms with Gasteiger partial charge >= 0.3 is 0 Å². The van der Waals surface area contributed by atoms with Gasteiger partial charge in [0.2, 0.25) is 11.2 Å². The fraction of sp³-hybridized carbons (Fsp3) is 0.538. The van der Waals surface area contributed by atoms with Gasteiger partial charge in [0.15, 0.2) is 5.76 Å². The molecule has 1 aromatic heterocycles. The molecule has 0 spiro atoms. The van der Waals surface area contributed by atoms with E-state index in [0.717, 1.165) is 38.0 Å². The lowest BCUT2D eigenvalue weighted by atomic mass is 9.95. The number of hydrogen-bond acceptors (Lipinski definition) is 4. The lowest BCUT2D eigenvalue weighted by molar-refractivity contribution is 0.0896. The molecule has 0 saturated heterocycles. The fourth-order valence-corrected chi connectivity index (χ4v) is 2.17. The van der Waals surface area contributed by atoms with E-state index in [1.807, 2.05) is 0 Å². The van der Waals surface area contributed by atoms with E-state index in [2.05, 4.69) is 5.32 Å². The van der Waals surface area contributed by atoms with Gasteiger partial charge in [0.1, 0.15) is 6.26 Å². The molecule has 0 atom stereocenters. The van der Waals surface area contributed by atoms with Gasteiger partial charge < -0.3 is 14.5 Å². The van der Waals surface area contributed by atoms with Crippen LogP contribution in [0.2, 0.25) is 0 Å². The van der Waals surface area contributed by atoms with Crippen molar-refractivity contribution in [2.24, 2.45) is 0 Å². The van der Waals surface area contributed by atoms with Crippen LogP contribution < -0.4 is 15.5 Å². The normalized spacial score (nSPS) is 16.3. The van der Waals surface area contributed by atoms with Gasteiger partial charge in [-0.1, -0.05) is 19.3 Å². The van der Waals surface area contributed by atoms with E-state index in [9.17, 15) is 9.59 Å². The van der Waals surface area contributed by atoms with Gasteiger partial charge in [-0.15, -0.1) is 0 Å². The minimum Gasteiger partial charge on any atom is -0.490 e. The molecule has 5 nitrogen and oxygen atoms in total. The van der Waals surface area contributed by atoms with Gasteiger partial charge in [-0.2, -0.15) is 0 Å². The number of hydrogen-bond donors (Lipinski definition) is 1. The van der Waals surface area contributed by atoms with Gasteiger partial charge in [-0.25, -0.2) is 0 Å². The molecule has 1 heterocycles. The predicted molar refractivity (Wildman–Crippen MR) is 65.9 cm³/mol. The third-order valence-electron chi connectivity index (χ3n) is 3.18. The van der Waals surface area contributed by atoms with Crippen LogP contribution in [-0.4, -0.2) is 19.1 Å². The molecule has 0 aromatic carbocycles. The number of methoxy groups -OCH3 is 1. The molecular weight excluding hydrogens is 234 g/mol. The molecule has 18 heavy (non-hydrogen) atoms. The van der Waals surface area contributed by atoms with Crippen molar-refractivity contribution in [2.75, 3.05) is 7.11 Å². The van der Waals surface area contributed by atoms with E-state index in [-0.39, 0.29) is 28.9 Å². The Kier molecular flexibility index (Phi) is 4.02. The van der Waals surface area contributed by atoms with E-state index < -0.39 is 0 Å². The molecule has 2 rings (SSSR count). The van der Waals surface area contributed by atoms with Crippen molar-refractivity contribution >= 4 is 5.91 Å². The van der Waals surface area contributed by atoms with Gasteiger partial charge in [0.05, 0.1) is 7.11 Å². The van der Waals surface area contributed by atoms with Crippen molar-refractivity contribution in [3.05, 3.63) is 28.3 Å². The van der Waals surface area contributed by atoms with Gasteiger partial charge in [-0.3, -0.25) is 9.59 Å². The van der Waals surface area contributed by atoms with Crippen LogP contribution in [0.3, 0.4) is 0 Å². The van der Waals surface area contributed by atoms with Crippen LogP contribution >= 0.6 is 0 Å². The summed E-state index contributed by atoms with van der Waals surface area (Å²) in [6.07, 6.45) is 6.65. The molecule has 1 aromatic rings. The molecular formula is C13H17NO4. The summed E-state index contributed by atoms with van der Waals surface area (Å²) in [6, 6.07) is 1.36. The molecule has 98 valence electrons. The second-order valence-electron chi connectivity index (χ2n) is 4.49. The molecule has 1 aliphatic carbocycles. The second-order valence-corrected chi connectivity index (χ2v) is 4.49. The van der Waals surface area contributed by atoms with Crippen LogP contribution in [0, 0.1) is 0 Å². The Morgan fingerprint density at radius 1 is 1.39 bits per heavy atom. The molecule has 1 saturated carbocycles. The third-order valence-corrected chi connectivity index (χ3v) is 3.18. The molecule has 1 aliphatic rings. The van der Waals surface area contributed by atoms with Gasteiger partial charge in [0.25, 0.3) is 5.91 Å². The maximum Gasteiger partial charge on any atom is 0.287 e. The molecule has 0 aliphatic heterocycles. The highest BCUT2D eigenvalue weighted by molar-refractivity contribution is 5.91. The Balaban J connectivity index is 2.04. The second kappa shape index (κ2) is 5.71. The summed E-state index contributed by atoms with van der Waals surface area (Å²) in [7, 11) is 1.38. The lowest BCUT2D eigenvalue weighted by Gasteiger charge is -2.22. The number of amides is 1. The molecule has 1 fully saturated rings. The first-order valence-corrected chi connectivity index (χ1v) is 6.18. The molecule has 0 unspecified atom stereocenters. The highest BCUT2D eigenvalue weighted by Gasteiger charge is 2.18. The van der Waals surface area contributed by atoms with Crippen molar-refractivity contribution in [3.63, 3.8) is 0 Å². The number of carbonyl (C=O) groups is 1. The average molecular weight is 251 g/mol. The van der Waals surface area contributed by atoms with Crippen molar-refractivity contribution in [1.29, 1.82) is 0 Å². The number of carbonyl (C=O) groups excluding carboxylic acids is 1. The van der Waals surface area contributed by atoms with E-state index in [0.29, 0.717) is 0 Å². The van der Waals surface area contributed by atoms with E-state index in [4.69, 9.17) is 9.15 Å². The minimum absolute atomic E-state index is 0.0337. The van der Waals surface area contributed by atoms with Crippen LogP contribution in [0.1, 0.15) is 42.7 Å². The summed E-state index contributed by atoms with van der Waals surface area (Å²) in [5, 5.41) is 2.89. The first-order valence-electron chi connectivity index (χ1n) is 6.18. The van der Waals surface area contributed by atoms with E-state index in [1.165, 1.54) is 13.5 Å². The zero-order chi connectivity index (χ0) is 13.0. The molecule has 0 radical (unpaired) electrons. The lowest BCUT2D eigenvalue weighted by Crippen LogP contribution is -2.36. The zero-order valence-corrected chi connectivity index (χ0v) is 10.4. The Morgan fingerprint density at radius 2 is 2.11 bits per heavy atom. The first kappa shape index (κ1) is 12.7. The zero-order valence-electron chi connectivity index (χ0n) is 10.4. The summed E-state index contributed by atoms with van der Waals surface area (Å²) in [5.74, 6) is -0.197. The van der Waals surface area contributed by atoms with Crippen molar-refractivity contribution in [1.82, 2.24) is 5.32 Å². The summed E-state index contributed by atoms with van der Waals surface area (Å²) in [5.41, 5.74) is -0.349. The smallest absolute Gasteiger partial charge is 0.287 e. The van der Waals surface area contributed by atoms with Crippen LogP contribution in [0.4, 0.5) is 0 Å². The quantitative estimate of drug-likeness (QED) is 0.888. The van der Waals surface area contributed by atoms with Crippen molar-refractivity contribution in [3.8, 4) is 5.75 Å². The number of ether oxygens (including phenoxy) is 1. The summed E-state index contributed by atoms with van der Waals surface area (Å²) in [4.78, 5) is 23.4. The summed E-state index contributed by atoms with van der Waals surface area (Å²) in [6.45, 7) is 0. The highest BCUT2D eigenvalue weighted by atomic mass is 16.5. The van der Waals surface area contributed by atoms with Crippen LogP contribution in [0.15, 0.2) is 21.5 Å². The standard InChI is InChI=1S/C13H17NO4/c1-17-12-8-18-11(7-10(12)15)13(16)14-9-5-3-2-4-6-9/h7-9H,2-6H2,1H3,(H,14,16). The SMILES string of the molecule is COc1coc(C(=O)NC2CCCCC2)cc1=O. The third kappa shape index (κ3) is 2.91. The van der Waals surface area contributed by atoms with Gasteiger partial charge in [-0.05, 0) is 12.8 Å². The summed E-state index contributed by atoms with van der Waals surface area (Å²) >= 11 is 0. The van der Waals surface area contributed by atoms with Crippen LogP contribution in [0.25, 0.3) is 0 Å².